The van der Waals surface area contributed by atoms with Crippen molar-refractivity contribution in [2.45, 2.75) is 39.7 Å². The molecule has 0 saturated carbocycles. The second-order valence-corrected chi connectivity index (χ2v) is 2.48. The Balaban J connectivity index is 3.21. The predicted molar refractivity (Wildman–Crippen MR) is 41.0 cm³/mol. The predicted octanol–water partition coefficient (Wildman–Crippen LogP) is 1.78. The van der Waals surface area contributed by atoms with Crippen LogP contribution >= 0.6 is 0 Å². The molecule has 0 saturated heterocycles. The summed E-state index contributed by atoms with van der Waals surface area (Å²) >= 11 is 0. The van der Waals surface area contributed by atoms with Crippen molar-refractivity contribution < 1.29 is 9.53 Å². The van der Waals surface area contributed by atoms with E-state index in [9.17, 15) is 4.79 Å². The Morgan fingerprint density at radius 3 is 2.60 bits per heavy atom. The lowest BCUT2D eigenvalue weighted by Crippen LogP contribution is -2.17. The van der Waals surface area contributed by atoms with Gasteiger partial charge in [-0.25, -0.2) is 0 Å². The number of hydrogen-bond donors (Lipinski definition) is 0. The molecule has 0 fully saturated rings. The second-order valence-electron chi connectivity index (χ2n) is 2.48. The summed E-state index contributed by atoms with van der Waals surface area (Å²) in [6, 6.07) is 0. The number of ketones is 1. The first kappa shape index (κ1) is 9.63. The number of unbranched alkanes of at least 4 members (excludes halogenated alkanes) is 1. The first-order chi connectivity index (χ1) is 4.68. The molecule has 0 aromatic heterocycles. The topological polar surface area (TPSA) is 26.3 Å². The molecule has 60 valence electrons. The highest BCUT2D eigenvalue weighted by molar-refractivity contribution is 5.79. The number of ether oxygens (including phenoxy) is 1. The zero-order valence-electron chi connectivity index (χ0n) is 7.02. The van der Waals surface area contributed by atoms with Gasteiger partial charge in [-0.2, -0.15) is 0 Å². The molecule has 0 N–H and O–H groups in total. The molecule has 0 amide bonds. The Labute approximate surface area is 62.6 Å². The first-order valence-corrected chi connectivity index (χ1v) is 3.80. The molecule has 1 unspecified atom stereocenters. The van der Waals surface area contributed by atoms with Crippen LogP contribution in [-0.4, -0.2) is 18.5 Å². The maximum Gasteiger partial charge on any atom is 0.158 e. The van der Waals surface area contributed by atoms with Crippen molar-refractivity contribution in [3.63, 3.8) is 0 Å². The molecule has 0 heterocycles. The molecular weight excluding hydrogens is 128 g/mol. The van der Waals surface area contributed by atoms with Crippen LogP contribution in [0.25, 0.3) is 0 Å². The molecule has 0 aromatic carbocycles. The fraction of sp³-hybridized carbons (Fsp3) is 0.875. The first-order valence-electron chi connectivity index (χ1n) is 3.80. The van der Waals surface area contributed by atoms with Gasteiger partial charge in [-0.3, -0.25) is 4.79 Å². The molecule has 0 aromatic rings. The lowest BCUT2D eigenvalue weighted by Gasteiger charge is -2.07. The monoisotopic (exact) mass is 144 g/mol. The lowest BCUT2D eigenvalue weighted by atomic mass is 10.3. The number of hydrogen-bond acceptors (Lipinski definition) is 2. The van der Waals surface area contributed by atoms with Crippen LogP contribution in [0.4, 0.5) is 0 Å². The molecular formula is C8H16O2. The molecule has 0 rings (SSSR count). The SMILES string of the molecule is CCCCOC(C)C(C)=O. The smallest absolute Gasteiger partial charge is 0.158 e. The Morgan fingerprint density at radius 2 is 2.20 bits per heavy atom. The third-order valence-corrected chi connectivity index (χ3v) is 1.44. The molecule has 10 heavy (non-hydrogen) atoms. The van der Waals surface area contributed by atoms with Crippen LogP contribution < -0.4 is 0 Å². The van der Waals surface area contributed by atoms with E-state index in [1.807, 2.05) is 0 Å². The Hall–Kier alpha value is -0.370. The number of carbonyl (C=O) groups excluding carboxylic acids is 1. The van der Waals surface area contributed by atoms with Crippen molar-refractivity contribution in [1.82, 2.24) is 0 Å². The maximum absolute atomic E-state index is 10.6. The van der Waals surface area contributed by atoms with Gasteiger partial charge in [0.2, 0.25) is 0 Å². The van der Waals surface area contributed by atoms with Gasteiger partial charge in [0, 0.05) is 6.61 Å². The Bertz CT molecular complexity index is 99.4. The molecule has 0 bridgehead atoms. The quantitative estimate of drug-likeness (QED) is 0.550. The summed E-state index contributed by atoms with van der Waals surface area (Å²) in [5, 5.41) is 0. The van der Waals surface area contributed by atoms with Crippen LogP contribution in [-0.2, 0) is 9.53 Å². The minimum Gasteiger partial charge on any atom is -0.371 e. The van der Waals surface area contributed by atoms with E-state index in [-0.39, 0.29) is 11.9 Å². The van der Waals surface area contributed by atoms with Gasteiger partial charge in [-0.05, 0) is 20.3 Å². The zero-order valence-corrected chi connectivity index (χ0v) is 7.02. The van der Waals surface area contributed by atoms with Gasteiger partial charge in [-0.15, -0.1) is 0 Å². The van der Waals surface area contributed by atoms with Gasteiger partial charge in [0.05, 0.1) is 0 Å². The average Bonchev–Trinajstić information content (AvgIpc) is 1.88. The normalized spacial score (nSPS) is 13.1. The maximum atomic E-state index is 10.6. The van der Waals surface area contributed by atoms with Crippen LogP contribution in [0.15, 0.2) is 0 Å². The summed E-state index contributed by atoms with van der Waals surface area (Å²) in [5.41, 5.74) is 0. The van der Waals surface area contributed by atoms with E-state index in [0.29, 0.717) is 6.61 Å². The minimum absolute atomic E-state index is 0.108. The molecule has 0 aliphatic rings. The molecule has 0 radical (unpaired) electrons. The van der Waals surface area contributed by atoms with Crippen molar-refractivity contribution in [1.29, 1.82) is 0 Å². The number of carbonyl (C=O) groups is 1. The second kappa shape index (κ2) is 5.42. The molecule has 0 aliphatic heterocycles. The van der Waals surface area contributed by atoms with E-state index in [0.717, 1.165) is 12.8 Å². The van der Waals surface area contributed by atoms with Crippen molar-refractivity contribution in [3.8, 4) is 0 Å². The van der Waals surface area contributed by atoms with Crippen molar-refractivity contribution >= 4 is 5.78 Å². The zero-order chi connectivity index (χ0) is 7.98. The van der Waals surface area contributed by atoms with Gasteiger partial charge >= 0.3 is 0 Å². The summed E-state index contributed by atoms with van der Waals surface area (Å²) in [7, 11) is 0. The average molecular weight is 144 g/mol. The van der Waals surface area contributed by atoms with Gasteiger partial charge < -0.3 is 4.74 Å². The number of rotatable bonds is 5. The fourth-order valence-electron chi connectivity index (χ4n) is 0.522. The fourth-order valence-corrected chi connectivity index (χ4v) is 0.522. The van der Waals surface area contributed by atoms with E-state index >= 15 is 0 Å². The summed E-state index contributed by atoms with van der Waals surface area (Å²) in [5.74, 6) is 0.108. The van der Waals surface area contributed by atoms with Crippen LogP contribution in [0.1, 0.15) is 33.6 Å². The minimum atomic E-state index is -0.216. The Morgan fingerprint density at radius 1 is 1.60 bits per heavy atom. The largest absolute Gasteiger partial charge is 0.371 e. The summed E-state index contributed by atoms with van der Waals surface area (Å²) in [4.78, 5) is 10.6. The van der Waals surface area contributed by atoms with Gasteiger partial charge in [0.25, 0.3) is 0 Å². The highest BCUT2D eigenvalue weighted by atomic mass is 16.5. The van der Waals surface area contributed by atoms with Crippen molar-refractivity contribution in [3.05, 3.63) is 0 Å². The van der Waals surface area contributed by atoms with Crippen LogP contribution in [0.3, 0.4) is 0 Å². The Kier molecular flexibility index (Phi) is 5.22. The molecule has 0 aliphatic carbocycles. The van der Waals surface area contributed by atoms with Crippen LogP contribution in [0.2, 0.25) is 0 Å². The third-order valence-electron chi connectivity index (χ3n) is 1.44. The molecule has 1 atom stereocenters. The highest BCUT2D eigenvalue weighted by Crippen LogP contribution is 1.95. The van der Waals surface area contributed by atoms with E-state index in [1.54, 1.807) is 13.8 Å². The van der Waals surface area contributed by atoms with Gasteiger partial charge in [0.1, 0.15) is 6.10 Å². The standard InChI is InChI=1S/C8H16O2/c1-4-5-6-10-8(3)7(2)9/h8H,4-6H2,1-3H3. The van der Waals surface area contributed by atoms with Crippen molar-refractivity contribution in [2.75, 3.05) is 6.61 Å². The summed E-state index contributed by atoms with van der Waals surface area (Å²) in [6.45, 7) is 6.15. The van der Waals surface area contributed by atoms with Gasteiger partial charge in [-0.1, -0.05) is 13.3 Å². The van der Waals surface area contributed by atoms with Crippen LogP contribution in [0.5, 0.6) is 0 Å². The van der Waals surface area contributed by atoms with E-state index in [4.69, 9.17) is 4.74 Å². The van der Waals surface area contributed by atoms with E-state index in [2.05, 4.69) is 6.92 Å². The molecule has 2 heteroatoms. The van der Waals surface area contributed by atoms with Crippen molar-refractivity contribution in [2.24, 2.45) is 0 Å². The highest BCUT2D eigenvalue weighted by Gasteiger charge is 2.05. The summed E-state index contributed by atoms with van der Waals surface area (Å²) in [6.07, 6.45) is 1.94. The van der Waals surface area contributed by atoms with Gasteiger partial charge in [0.15, 0.2) is 5.78 Å². The van der Waals surface area contributed by atoms with E-state index in [1.165, 1.54) is 0 Å². The van der Waals surface area contributed by atoms with E-state index < -0.39 is 0 Å². The number of Topliss-reactive ketones (excluding diaryl/α,β-unsaturated/α-hetero) is 1. The molecule has 0 spiro atoms. The lowest BCUT2D eigenvalue weighted by molar-refractivity contribution is -0.127. The van der Waals surface area contributed by atoms with Crippen LogP contribution in [0, 0.1) is 0 Å². The molecule has 2 nitrogen and oxygen atoms in total. The third kappa shape index (κ3) is 4.50. The summed E-state index contributed by atoms with van der Waals surface area (Å²) < 4.78 is 5.19.